The van der Waals surface area contributed by atoms with E-state index in [2.05, 4.69) is 25.1 Å². The summed E-state index contributed by atoms with van der Waals surface area (Å²) in [5, 5.41) is 10.9. The zero-order valence-electron chi connectivity index (χ0n) is 11.3. The van der Waals surface area contributed by atoms with Gasteiger partial charge in [-0.3, -0.25) is 0 Å². The fourth-order valence-electron chi connectivity index (χ4n) is 1.42. The predicted molar refractivity (Wildman–Crippen MR) is 72.5 cm³/mol. The highest BCUT2D eigenvalue weighted by molar-refractivity contribution is 6.71. The van der Waals surface area contributed by atoms with Crippen LogP contribution in [-0.2, 0) is 24.1 Å². The fourth-order valence-corrected chi connectivity index (χ4v) is 1.42. The van der Waals surface area contributed by atoms with E-state index in [1.165, 1.54) is 13.8 Å². The minimum atomic E-state index is -0.633. The molecule has 2 rings (SSSR count). The second kappa shape index (κ2) is 6.42. The highest BCUT2D eigenvalue weighted by Gasteiger charge is 2.29. The summed E-state index contributed by atoms with van der Waals surface area (Å²) in [6.07, 6.45) is 0. The second-order valence-corrected chi connectivity index (χ2v) is 3.90. The van der Waals surface area contributed by atoms with Gasteiger partial charge >= 0.3 is 17.8 Å². The SMILES string of the molecule is CC(=O)O/N=C1\ON=C(c2ccccc2)\C1=N/OC(C)=O. The maximum atomic E-state index is 10.9. The van der Waals surface area contributed by atoms with Crippen LogP contribution in [0.3, 0.4) is 0 Å². The average Bonchev–Trinajstić information content (AvgIpc) is 2.86. The number of rotatable bonds is 3. The first-order chi connectivity index (χ1) is 10.1. The molecule has 0 fully saturated rings. The van der Waals surface area contributed by atoms with E-state index in [1.807, 2.05) is 6.07 Å². The van der Waals surface area contributed by atoms with Gasteiger partial charge in [0.2, 0.25) is 5.71 Å². The third-order valence-electron chi connectivity index (χ3n) is 2.22. The average molecular weight is 289 g/mol. The molecule has 108 valence electrons. The molecular weight excluding hydrogens is 278 g/mol. The molecule has 0 bridgehead atoms. The first kappa shape index (κ1) is 14.4. The summed E-state index contributed by atoms with van der Waals surface area (Å²) in [6, 6.07) is 8.95. The molecule has 21 heavy (non-hydrogen) atoms. The van der Waals surface area contributed by atoms with Gasteiger partial charge in [-0.2, -0.15) is 0 Å². The van der Waals surface area contributed by atoms with E-state index in [1.54, 1.807) is 24.3 Å². The van der Waals surface area contributed by atoms with E-state index in [4.69, 9.17) is 4.84 Å². The van der Waals surface area contributed by atoms with Gasteiger partial charge < -0.3 is 14.5 Å². The quantitative estimate of drug-likeness (QED) is 0.615. The van der Waals surface area contributed by atoms with Crippen molar-refractivity contribution in [1.82, 2.24) is 0 Å². The molecule has 0 N–H and O–H groups in total. The third kappa shape index (κ3) is 3.72. The zero-order valence-corrected chi connectivity index (χ0v) is 11.3. The molecule has 0 atom stereocenters. The molecule has 0 spiro atoms. The van der Waals surface area contributed by atoms with E-state index in [9.17, 15) is 9.59 Å². The van der Waals surface area contributed by atoms with Crippen LogP contribution in [0, 0.1) is 0 Å². The van der Waals surface area contributed by atoms with Gasteiger partial charge in [0, 0.05) is 19.4 Å². The molecule has 0 aromatic heterocycles. The Morgan fingerprint density at radius 3 is 2.29 bits per heavy atom. The van der Waals surface area contributed by atoms with Gasteiger partial charge in [-0.25, -0.2) is 9.59 Å². The van der Waals surface area contributed by atoms with E-state index in [0.29, 0.717) is 11.3 Å². The molecule has 1 aliphatic rings. The molecule has 0 aliphatic carbocycles. The van der Waals surface area contributed by atoms with E-state index >= 15 is 0 Å². The summed E-state index contributed by atoms with van der Waals surface area (Å²) in [7, 11) is 0. The van der Waals surface area contributed by atoms with Crippen LogP contribution in [0.25, 0.3) is 0 Å². The summed E-state index contributed by atoms with van der Waals surface area (Å²) in [4.78, 5) is 35.7. The standard InChI is InChI=1S/C13H11N3O5/c1-8(17)19-15-12-11(10-6-4-3-5-7-10)14-21-13(12)16-20-9(2)18/h3-7H,1-2H3/b15-12+,16-13-. The summed E-state index contributed by atoms with van der Waals surface area (Å²) in [5.74, 6) is -1.43. The lowest BCUT2D eigenvalue weighted by Crippen LogP contribution is -2.21. The molecule has 1 heterocycles. The number of nitrogens with zero attached hydrogens (tertiary/aromatic N) is 3. The third-order valence-corrected chi connectivity index (χ3v) is 2.22. The van der Waals surface area contributed by atoms with Gasteiger partial charge in [0.15, 0.2) is 0 Å². The minimum Gasteiger partial charge on any atom is -0.330 e. The van der Waals surface area contributed by atoms with Crippen LogP contribution in [0.2, 0.25) is 0 Å². The smallest absolute Gasteiger partial charge is 0.330 e. The number of benzene rings is 1. The molecule has 0 amide bonds. The summed E-state index contributed by atoms with van der Waals surface area (Å²) in [6.45, 7) is 2.38. The molecule has 1 aliphatic heterocycles. The Morgan fingerprint density at radius 1 is 1.05 bits per heavy atom. The fraction of sp³-hybridized carbons (Fsp3) is 0.154. The van der Waals surface area contributed by atoms with E-state index in [0.717, 1.165) is 0 Å². The first-order valence-corrected chi connectivity index (χ1v) is 5.90. The van der Waals surface area contributed by atoms with Gasteiger partial charge in [-0.1, -0.05) is 40.6 Å². The van der Waals surface area contributed by atoms with E-state index < -0.39 is 11.9 Å². The van der Waals surface area contributed by atoms with Crippen LogP contribution in [-0.4, -0.2) is 29.3 Å². The topological polar surface area (TPSA) is 98.9 Å². The van der Waals surface area contributed by atoms with Crippen molar-refractivity contribution in [1.29, 1.82) is 0 Å². The Kier molecular flexibility index (Phi) is 4.39. The van der Waals surface area contributed by atoms with Crippen molar-refractivity contribution in [2.75, 3.05) is 0 Å². The van der Waals surface area contributed by atoms with Crippen molar-refractivity contribution < 1.29 is 24.1 Å². The monoisotopic (exact) mass is 289 g/mol. The van der Waals surface area contributed by atoms with Gasteiger partial charge in [0.05, 0.1) is 0 Å². The highest BCUT2D eigenvalue weighted by atomic mass is 16.7. The summed E-state index contributed by atoms with van der Waals surface area (Å²) >= 11 is 0. The van der Waals surface area contributed by atoms with Gasteiger partial charge in [0.25, 0.3) is 0 Å². The number of hydrogen-bond acceptors (Lipinski definition) is 8. The lowest BCUT2D eigenvalue weighted by molar-refractivity contribution is -0.142. The predicted octanol–water partition coefficient (Wildman–Crippen LogP) is 1.22. The highest BCUT2D eigenvalue weighted by Crippen LogP contribution is 2.12. The molecule has 0 saturated heterocycles. The summed E-state index contributed by atoms with van der Waals surface area (Å²) < 4.78 is 0. The van der Waals surface area contributed by atoms with E-state index in [-0.39, 0.29) is 11.6 Å². The number of carbonyl (C=O) groups excluding carboxylic acids is 2. The molecule has 8 nitrogen and oxygen atoms in total. The van der Waals surface area contributed by atoms with Crippen molar-refractivity contribution in [2.24, 2.45) is 15.5 Å². The lowest BCUT2D eigenvalue weighted by Gasteiger charge is -2.00. The van der Waals surface area contributed by atoms with Crippen molar-refractivity contribution in [3.63, 3.8) is 0 Å². The van der Waals surface area contributed by atoms with Crippen LogP contribution in [0.15, 0.2) is 45.8 Å². The molecule has 8 heteroatoms. The van der Waals surface area contributed by atoms with Crippen LogP contribution >= 0.6 is 0 Å². The van der Waals surface area contributed by atoms with Crippen molar-refractivity contribution in [3.05, 3.63) is 35.9 Å². The maximum Gasteiger partial charge on any atom is 0.332 e. The Labute approximate surface area is 119 Å². The normalized spacial score (nSPS) is 17.3. The Bertz CT molecular complexity index is 649. The molecule has 0 saturated carbocycles. The molecule has 0 radical (unpaired) electrons. The molecule has 1 aromatic rings. The van der Waals surface area contributed by atoms with Crippen LogP contribution in [0.4, 0.5) is 0 Å². The van der Waals surface area contributed by atoms with Crippen LogP contribution in [0.5, 0.6) is 0 Å². The Morgan fingerprint density at radius 2 is 1.67 bits per heavy atom. The zero-order chi connectivity index (χ0) is 15.2. The lowest BCUT2D eigenvalue weighted by atomic mass is 10.1. The Hall–Kier alpha value is -3.03. The van der Waals surface area contributed by atoms with Crippen LogP contribution < -0.4 is 0 Å². The number of hydrogen-bond donors (Lipinski definition) is 0. The van der Waals surface area contributed by atoms with Crippen molar-refractivity contribution in [3.8, 4) is 0 Å². The molecule has 0 unspecified atom stereocenters. The van der Waals surface area contributed by atoms with Crippen molar-refractivity contribution >= 4 is 29.3 Å². The van der Waals surface area contributed by atoms with Crippen LogP contribution in [0.1, 0.15) is 19.4 Å². The molecule has 1 aromatic carbocycles. The Balaban J connectivity index is 2.33. The minimum absolute atomic E-state index is 0.0534. The van der Waals surface area contributed by atoms with Gasteiger partial charge in [-0.05, 0) is 5.16 Å². The second-order valence-electron chi connectivity index (χ2n) is 3.90. The molecular formula is C13H11N3O5. The maximum absolute atomic E-state index is 10.9. The summed E-state index contributed by atoms with van der Waals surface area (Å²) in [5.41, 5.74) is 1.04. The largest absolute Gasteiger partial charge is 0.332 e. The van der Waals surface area contributed by atoms with Crippen molar-refractivity contribution in [2.45, 2.75) is 13.8 Å². The van der Waals surface area contributed by atoms with Gasteiger partial charge in [-0.15, -0.1) is 0 Å². The number of oxime groups is 3. The van der Waals surface area contributed by atoms with Gasteiger partial charge in [0.1, 0.15) is 5.71 Å². The first-order valence-electron chi connectivity index (χ1n) is 5.90. The number of carbonyl (C=O) groups is 2.